The summed E-state index contributed by atoms with van der Waals surface area (Å²) >= 11 is 0. The monoisotopic (exact) mass is 223 g/mol. The molecule has 2 heterocycles. The minimum Gasteiger partial charge on any atom is -0.372 e. The SMILES string of the molecule is Cc1nn(CC2CCC(CN)O2)c(C)c1C. The van der Waals surface area contributed by atoms with Crippen molar-refractivity contribution in [3.05, 3.63) is 17.0 Å². The van der Waals surface area contributed by atoms with E-state index in [0.29, 0.717) is 6.54 Å². The van der Waals surface area contributed by atoms with Gasteiger partial charge in [-0.1, -0.05) is 0 Å². The zero-order valence-electron chi connectivity index (χ0n) is 10.4. The average Bonchev–Trinajstić information content (AvgIpc) is 2.81. The smallest absolute Gasteiger partial charge is 0.0776 e. The van der Waals surface area contributed by atoms with Gasteiger partial charge >= 0.3 is 0 Å². The van der Waals surface area contributed by atoms with Gasteiger partial charge < -0.3 is 10.5 Å². The van der Waals surface area contributed by atoms with Gasteiger partial charge in [0.15, 0.2) is 0 Å². The van der Waals surface area contributed by atoms with Gasteiger partial charge in [-0.25, -0.2) is 0 Å². The van der Waals surface area contributed by atoms with E-state index in [-0.39, 0.29) is 12.2 Å². The third-order valence-electron chi connectivity index (χ3n) is 3.58. The number of ether oxygens (including phenoxy) is 1. The third-order valence-corrected chi connectivity index (χ3v) is 3.58. The highest BCUT2D eigenvalue weighted by Gasteiger charge is 2.25. The Morgan fingerprint density at radius 2 is 2.00 bits per heavy atom. The fourth-order valence-electron chi connectivity index (χ4n) is 2.24. The molecule has 1 aromatic heterocycles. The van der Waals surface area contributed by atoms with Crippen molar-refractivity contribution in [2.24, 2.45) is 5.73 Å². The van der Waals surface area contributed by atoms with Crippen LogP contribution in [-0.2, 0) is 11.3 Å². The molecule has 4 heteroatoms. The molecule has 90 valence electrons. The maximum Gasteiger partial charge on any atom is 0.0776 e. The van der Waals surface area contributed by atoms with Crippen LogP contribution in [0.1, 0.15) is 29.8 Å². The lowest BCUT2D eigenvalue weighted by Crippen LogP contribution is -2.23. The first-order valence-electron chi connectivity index (χ1n) is 5.98. The molecule has 4 nitrogen and oxygen atoms in total. The zero-order valence-corrected chi connectivity index (χ0v) is 10.4. The second kappa shape index (κ2) is 4.55. The van der Waals surface area contributed by atoms with E-state index in [1.54, 1.807) is 0 Å². The molecule has 1 aliphatic rings. The first-order valence-corrected chi connectivity index (χ1v) is 5.98. The Balaban J connectivity index is 2.02. The van der Waals surface area contributed by atoms with Crippen LogP contribution in [0.5, 0.6) is 0 Å². The van der Waals surface area contributed by atoms with Gasteiger partial charge in [0.1, 0.15) is 0 Å². The lowest BCUT2D eigenvalue weighted by Gasteiger charge is -2.13. The molecule has 0 bridgehead atoms. The van der Waals surface area contributed by atoms with Crippen molar-refractivity contribution >= 4 is 0 Å². The highest BCUT2D eigenvalue weighted by Crippen LogP contribution is 2.21. The lowest BCUT2D eigenvalue weighted by atomic mass is 10.2. The van der Waals surface area contributed by atoms with Crippen LogP contribution in [0.4, 0.5) is 0 Å². The van der Waals surface area contributed by atoms with Gasteiger partial charge in [0.05, 0.1) is 24.4 Å². The van der Waals surface area contributed by atoms with Crippen LogP contribution in [0.2, 0.25) is 0 Å². The molecule has 1 aliphatic heterocycles. The second-order valence-corrected chi connectivity index (χ2v) is 4.67. The van der Waals surface area contributed by atoms with Crippen LogP contribution >= 0.6 is 0 Å². The van der Waals surface area contributed by atoms with Crippen molar-refractivity contribution in [2.75, 3.05) is 6.54 Å². The number of nitrogens with zero attached hydrogens (tertiary/aromatic N) is 2. The molecule has 0 amide bonds. The zero-order chi connectivity index (χ0) is 11.7. The van der Waals surface area contributed by atoms with Crippen molar-refractivity contribution in [3.8, 4) is 0 Å². The fourth-order valence-corrected chi connectivity index (χ4v) is 2.24. The summed E-state index contributed by atoms with van der Waals surface area (Å²) in [5, 5.41) is 4.53. The average molecular weight is 223 g/mol. The predicted octanol–water partition coefficient (Wildman–Crippen LogP) is 1.31. The molecule has 2 unspecified atom stereocenters. The van der Waals surface area contributed by atoms with E-state index >= 15 is 0 Å². The maximum absolute atomic E-state index is 5.83. The van der Waals surface area contributed by atoms with Crippen molar-refractivity contribution in [1.82, 2.24) is 9.78 Å². The molecule has 1 fully saturated rings. The summed E-state index contributed by atoms with van der Waals surface area (Å²) in [6.07, 6.45) is 2.72. The molecule has 0 radical (unpaired) electrons. The number of hydrogen-bond acceptors (Lipinski definition) is 3. The number of aromatic nitrogens is 2. The van der Waals surface area contributed by atoms with E-state index in [9.17, 15) is 0 Å². The van der Waals surface area contributed by atoms with Gasteiger partial charge in [-0.2, -0.15) is 5.10 Å². The predicted molar refractivity (Wildman–Crippen MR) is 63.4 cm³/mol. The van der Waals surface area contributed by atoms with Crippen molar-refractivity contribution in [3.63, 3.8) is 0 Å². The number of nitrogens with two attached hydrogens (primary N) is 1. The summed E-state index contributed by atoms with van der Waals surface area (Å²) in [5.41, 5.74) is 9.25. The molecule has 2 atom stereocenters. The summed E-state index contributed by atoms with van der Waals surface area (Å²) in [6.45, 7) is 7.78. The van der Waals surface area contributed by atoms with Crippen LogP contribution in [0.3, 0.4) is 0 Å². The summed E-state index contributed by atoms with van der Waals surface area (Å²) < 4.78 is 7.90. The van der Waals surface area contributed by atoms with Gasteiger partial charge in [-0.05, 0) is 39.2 Å². The summed E-state index contributed by atoms with van der Waals surface area (Å²) in [7, 11) is 0. The molecule has 0 aromatic carbocycles. The molecular formula is C12H21N3O. The summed E-state index contributed by atoms with van der Waals surface area (Å²) in [4.78, 5) is 0. The Bertz CT molecular complexity index is 373. The highest BCUT2D eigenvalue weighted by atomic mass is 16.5. The van der Waals surface area contributed by atoms with Gasteiger partial charge in [0.25, 0.3) is 0 Å². The summed E-state index contributed by atoms with van der Waals surface area (Å²) in [5.74, 6) is 0. The van der Waals surface area contributed by atoms with Crippen LogP contribution in [0.25, 0.3) is 0 Å². The summed E-state index contributed by atoms with van der Waals surface area (Å²) in [6, 6.07) is 0. The van der Waals surface area contributed by atoms with Gasteiger partial charge in [0, 0.05) is 12.2 Å². The van der Waals surface area contributed by atoms with Gasteiger partial charge in [-0.3, -0.25) is 4.68 Å². The molecule has 1 saturated heterocycles. The van der Waals surface area contributed by atoms with Gasteiger partial charge in [0.2, 0.25) is 0 Å². The Kier molecular flexibility index (Phi) is 3.30. The van der Waals surface area contributed by atoms with E-state index < -0.39 is 0 Å². The molecule has 16 heavy (non-hydrogen) atoms. The van der Waals surface area contributed by atoms with Crippen molar-refractivity contribution < 1.29 is 4.74 Å². The second-order valence-electron chi connectivity index (χ2n) is 4.67. The quantitative estimate of drug-likeness (QED) is 0.840. The minimum atomic E-state index is 0.253. The Morgan fingerprint density at radius 1 is 1.31 bits per heavy atom. The van der Waals surface area contributed by atoms with Crippen molar-refractivity contribution in [1.29, 1.82) is 0 Å². The molecule has 1 aromatic rings. The minimum absolute atomic E-state index is 0.253. The molecule has 2 rings (SSSR count). The topological polar surface area (TPSA) is 53.1 Å². The standard InChI is InChI=1S/C12H21N3O/c1-8-9(2)14-15(10(8)3)7-12-5-4-11(6-13)16-12/h11-12H,4-7,13H2,1-3H3. The van der Waals surface area contributed by atoms with Crippen molar-refractivity contribution in [2.45, 2.75) is 52.4 Å². The number of aryl methyl sites for hydroxylation is 1. The molecule has 0 aliphatic carbocycles. The lowest BCUT2D eigenvalue weighted by molar-refractivity contribution is 0.0382. The highest BCUT2D eigenvalue weighted by molar-refractivity contribution is 5.22. The number of rotatable bonds is 3. The van der Waals surface area contributed by atoms with Crippen LogP contribution in [0.15, 0.2) is 0 Å². The van der Waals surface area contributed by atoms with E-state index in [1.165, 1.54) is 11.3 Å². The van der Waals surface area contributed by atoms with E-state index in [4.69, 9.17) is 10.5 Å². The normalized spacial score (nSPS) is 25.2. The van der Waals surface area contributed by atoms with Crippen LogP contribution in [-0.4, -0.2) is 28.5 Å². The first-order chi connectivity index (χ1) is 7.61. The first kappa shape index (κ1) is 11.6. The maximum atomic E-state index is 5.83. The van der Waals surface area contributed by atoms with Crippen LogP contribution < -0.4 is 5.73 Å². The largest absolute Gasteiger partial charge is 0.372 e. The molecule has 0 spiro atoms. The van der Waals surface area contributed by atoms with E-state index in [1.807, 2.05) is 0 Å². The molecule has 2 N–H and O–H groups in total. The number of hydrogen-bond donors (Lipinski definition) is 1. The van der Waals surface area contributed by atoms with Gasteiger partial charge in [-0.15, -0.1) is 0 Å². The van der Waals surface area contributed by atoms with Crippen LogP contribution in [0, 0.1) is 20.8 Å². The molecule has 0 saturated carbocycles. The van der Waals surface area contributed by atoms with E-state index in [0.717, 1.165) is 25.1 Å². The Morgan fingerprint density at radius 3 is 2.50 bits per heavy atom. The van der Waals surface area contributed by atoms with E-state index in [2.05, 4.69) is 30.6 Å². The fraction of sp³-hybridized carbons (Fsp3) is 0.750. The Hall–Kier alpha value is -0.870. The Labute approximate surface area is 96.8 Å². The third kappa shape index (κ3) is 2.13. The molecular weight excluding hydrogens is 202 g/mol.